The molecule has 0 aliphatic rings. The Hall–Kier alpha value is -1.13. The topological polar surface area (TPSA) is 29.9 Å². The van der Waals surface area contributed by atoms with Gasteiger partial charge in [-0.1, -0.05) is 13.0 Å². The first-order chi connectivity index (χ1) is 8.31. The molecule has 2 rings (SSSR count). The van der Waals surface area contributed by atoms with E-state index >= 15 is 0 Å². The Balaban J connectivity index is 1.91. The quantitative estimate of drug-likeness (QED) is 0.852. The van der Waals surface area contributed by atoms with Crippen LogP contribution < -0.4 is 5.32 Å². The van der Waals surface area contributed by atoms with Crippen molar-refractivity contribution < 1.29 is 0 Å². The van der Waals surface area contributed by atoms with Crippen molar-refractivity contribution in [3.63, 3.8) is 0 Å². The highest BCUT2D eigenvalue weighted by Crippen LogP contribution is 2.18. The predicted molar refractivity (Wildman–Crippen MR) is 72.1 cm³/mol. The summed E-state index contributed by atoms with van der Waals surface area (Å²) >= 11 is 1.80. The van der Waals surface area contributed by atoms with Crippen LogP contribution in [0.4, 0.5) is 0 Å². The minimum absolute atomic E-state index is 0.403. The van der Waals surface area contributed by atoms with Gasteiger partial charge >= 0.3 is 0 Å². The molecule has 0 radical (unpaired) electrons. The summed E-state index contributed by atoms with van der Waals surface area (Å²) in [5, 5.41) is 9.98. The van der Waals surface area contributed by atoms with Gasteiger partial charge in [-0.05, 0) is 30.9 Å². The van der Waals surface area contributed by atoms with Crippen LogP contribution in [0.1, 0.15) is 36.9 Å². The first-order valence-corrected chi connectivity index (χ1v) is 6.96. The number of aryl methyl sites for hydroxylation is 1. The SMILES string of the molecule is CCCn1nccc1CNC(C)c1cccs1. The molecule has 2 heterocycles. The van der Waals surface area contributed by atoms with Crippen LogP contribution in [0.3, 0.4) is 0 Å². The zero-order chi connectivity index (χ0) is 12.1. The summed E-state index contributed by atoms with van der Waals surface area (Å²) in [4.78, 5) is 1.38. The van der Waals surface area contributed by atoms with Gasteiger partial charge in [0.1, 0.15) is 0 Å². The average Bonchev–Trinajstić information content (AvgIpc) is 2.97. The van der Waals surface area contributed by atoms with E-state index in [9.17, 15) is 0 Å². The molecule has 0 saturated carbocycles. The molecule has 92 valence electrons. The van der Waals surface area contributed by atoms with Crippen molar-refractivity contribution in [1.29, 1.82) is 0 Å². The van der Waals surface area contributed by atoms with Gasteiger partial charge in [0.25, 0.3) is 0 Å². The van der Waals surface area contributed by atoms with E-state index in [0.717, 1.165) is 19.5 Å². The van der Waals surface area contributed by atoms with E-state index in [2.05, 4.69) is 52.5 Å². The highest BCUT2D eigenvalue weighted by Gasteiger charge is 2.07. The van der Waals surface area contributed by atoms with Crippen molar-refractivity contribution >= 4 is 11.3 Å². The first kappa shape index (κ1) is 12.3. The van der Waals surface area contributed by atoms with E-state index < -0.39 is 0 Å². The molecular weight excluding hydrogens is 230 g/mol. The normalized spacial score (nSPS) is 12.8. The van der Waals surface area contributed by atoms with Crippen LogP contribution in [0.15, 0.2) is 29.8 Å². The van der Waals surface area contributed by atoms with E-state index in [1.165, 1.54) is 10.6 Å². The fraction of sp³-hybridized carbons (Fsp3) is 0.462. The van der Waals surface area contributed by atoms with Crippen LogP contribution in [-0.4, -0.2) is 9.78 Å². The summed E-state index contributed by atoms with van der Waals surface area (Å²) in [6, 6.07) is 6.76. The lowest BCUT2D eigenvalue weighted by Gasteiger charge is -2.13. The lowest BCUT2D eigenvalue weighted by Crippen LogP contribution is -2.19. The third kappa shape index (κ3) is 3.17. The van der Waals surface area contributed by atoms with Gasteiger partial charge < -0.3 is 5.32 Å². The first-order valence-electron chi connectivity index (χ1n) is 6.08. The highest BCUT2D eigenvalue weighted by molar-refractivity contribution is 7.10. The van der Waals surface area contributed by atoms with Gasteiger partial charge in [-0.3, -0.25) is 4.68 Å². The van der Waals surface area contributed by atoms with Crippen LogP contribution in [0, 0.1) is 0 Å². The summed E-state index contributed by atoms with van der Waals surface area (Å²) in [7, 11) is 0. The lowest BCUT2D eigenvalue weighted by atomic mass is 10.2. The molecular formula is C13H19N3S. The average molecular weight is 249 g/mol. The number of hydrogen-bond donors (Lipinski definition) is 1. The molecule has 0 bridgehead atoms. The second-order valence-electron chi connectivity index (χ2n) is 4.16. The number of aromatic nitrogens is 2. The van der Waals surface area contributed by atoms with Crippen molar-refractivity contribution in [2.24, 2.45) is 0 Å². The zero-order valence-electron chi connectivity index (χ0n) is 10.4. The Labute approximate surface area is 106 Å². The van der Waals surface area contributed by atoms with Crippen LogP contribution in [0.5, 0.6) is 0 Å². The van der Waals surface area contributed by atoms with Crippen LogP contribution in [-0.2, 0) is 13.1 Å². The Morgan fingerprint density at radius 2 is 2.35 bits per heavy atom. The molecule has 0 fully saturated rings. The molecule has 1 N–H and O–H groups in total. The Morgan fingerprint density at radius 1 is 1.47 bits per heavy atom. The summed E-state index contributed by atoms with van der Waals surface area (Å²) < 4.78 is 2.08. The summed E-state index contributed by atoms with van der Waals surface area (Å²) in [6.07, 6.45) is 3.00. The van der Waals surface area contributed by atoms with Gasteiger partial charge in [0.15, 0.2) is 0 Å². The van der Waals surface area contributed by atoms with Crippen molar-refractivity contribution in [1.82, 2.24) is 15.1 Å². The molecule has 1 atom stereocenters. The molecule has 2 aromatic rings. The van der Waals surface area contributed by atoms with Crippen molar-refractivity contribution in [2.75, 3.05) is 0 Å². The second kappa shape index (κ2) is 5.98. The Bertz CT molecular complexity index is 433. The minimum Gasteiger partial charge on any atom is -0.304 e. The van der Waals surface area contributed by atoms with E-state index in [-0.39, 0.29) is 0 Å². The largest absolute Gasteiger partial charge is 0.304 e. The van der Waals surface area contributed by atoms with Crippen molar-refractivity contribution in [2.45, 2.75) is 39.4 Å². The molecule has 17 heavy (non-hydrogen) atoms. The molecule has 0 aromatic carbocycles. The van der Waals surface area contributed by atoms with E-state index in [1.807, 2.05) is 6.20 Å². The number of nitrogens with one attached hydrogen (secondary N) is 1. The third-order valence-corrected chi connectivity index (χ3v) is 3.85. The Morgan fingerprint density at radius 3 is 3.06 bits per heavy atom. The van der Waals surface area contributed by atoms with Crippen molar-refractivity contribution in [3.05, 3.63) is 40.3 Å². The van der Waals surface area contributed by atoms with Gasteiger partial charge in [0, 0.05) is 30.2 Å². The van der Waals surface area contributed by atoms with Crippen LogP contribution >= 0.6 is 11.3 Å². The monoisotopic (exact) mass is 249 g/mol. The van der Waals surface area contributed by atoms with Gasteiger partial charge in [-0.2, -0.15) is 5.10 Å². The van der Waals surface area contributed by atoms with E-state index in [0.29, 0.717) is 6.04 Å². The molecule has 0 spiro atoms. The molecule has 0 saturated heterocycles. The number of rotatable bonds is 6. The predicted octanol–water partition coefficient (Wildman–Crippen LogP) is 3.21. The maximum atomic E-state index is 4.33. The molecule has 4 heteroatoms. The highest BCUT2D eigenvalue weighted by atomic mass is 32.1. The van der Waals surface area contributed by atoms with E-state index in [4.69, 9.17) is 0 Å². The third-order valence-electron chi connectivity index (χ3n) is 2.80. The fourth-order valence-corrected chi connectivity index (χ4v) is 2.58. The lowest BCUT2D eigenvalue weighted by molar-refractivity contribution is 0.520. The van der Waals surface area contributed by atoms with Gasteiger partial charge in [-0.25, -0.2) is 0 Å². The standard InChI is InChI=1S/C13H19N3S/c1-3-8-16-12(6-7-15-16)10-14-11(2)13-5-4-9-17-13/h4-7,9,11,14H,3,8,10H2,1-2H3. The van der Waals surface area contributed by atoms with Gasteiger partial charge in [0.2, 0.25) is 0 Å². The smallest absolute Gasteiger partial charge is 0.0522 e. The number of thiophene rings is 1. The summed E-state index contributed by atoms with van der Waals surface area (Å²) in [5.74, 6) is 0. The summed E-state index contributed by atoms with van der Waals surface area (Å²) in [6.45, 7) is 6.25. The molecule has 2 aromatic heterocycles. The minimum atomic E-state index is 0.403. The number of nitrogens with zero attached hydrogens (tertiary/aromatic N) is 2. The zero-order valence-corrected chi connectivity index (χ0v) is 11.2. The maximum Gasteiger partial charge on any atom is 0.0522 e. The molecule has 0 aliphatic carbocycles. The van der Waals surface area contributed by atoms with Crippen molar-refractivity contribution in [3.8, 4) is 0 Å². The molecule has 3 nitrogen and oxygen atoms in total. The number of hydrogen-bond acceptors (Lipinski definition) is 3. The second-order valence-corrected chi connectivity index (χ2v) is 5.14. The molecule has 1 unspecified atom stereocenters. The molecule has 0 aliphatic heterocycles. The summed E-state index contributed by atoms with van der Waals surface area (Å²) in [5.41, 5.74) is 1.26. The fourth-order valence-electron chi connectivity index (χ4n) is 1.82. The Kier molecular flexibility index (Phi) is 4.34. The van der Waals surface area contributed by atoms with Gasteiger partial charge in [-0.15, -0.1) is 11.3 Å². The molecule has 0 amide bonds. The maximum absolute atomic E-state index is 4.33. The van der Waals surface area contributed by atoms with E-state index in [1.54, 1.807) is 11.3 Å². The van der Waals surface area contributed by atoms with Crippen LogP contribution in [0.2, 0.25) is 0 Å². The van der Waals surface area contributed by atoms with Crippen LogP contribution in [0.25, 0.3) is 0 Å². The van der Waals surface area contributed by atoms with Gasteiger partial charge in [0.05, 0.1) is 5.69 Å².